The number of ether oxygens (including phenoxy) is 1. The molecule has 1 fully saturated rings. The van der Waals surface area contributed by atoms with Crippen molar-refractivity contribution < 1.29 is 14.6 Å². The highest BCUT2D eigenvalue weighted by Gasteiger charge is 2.22. The number of hydrogen-bond acceptors (Lipinski definition) is 4. The maximum Gasteiger partial charge on any atom is 0.303 e. The molecular formula is C14H20N2O3. The van der Waals surface area contributed by atoms with Gasteiger partial charge in [-0.1, -0.05) is 6.07 Å². The average Bonchev–Trinajstić information content (AvgIpc) is 2.38. The van der Waals surface area contributed by atoms with Crippen molar-refractivity contribution >= 4 is 5.97 Å². The maximum atomic E-state index is 10.8. The van der Waals surface area contributed by atoms with Gasteiger partial charge in [-0.05, 0) is 31.4 Å². The molecular weight excluding hydrogens is 244 g/mol. The largest absolute Gasteiger partial charge is 0.481 e. The van der Waals surface area contributed by atoms with Gasteiger partial charge < -0.3 is 9.84 Å². The minimum Gasteiger partial charge on any atom is -0.481 e. The first kappa shape index (κ1) is 13.8. The van der Waals surface area contributed by atoms with Crippen molar-refractivity contribution in [3.05, 3.63) is 23.9 Å². The second-order valence-electron chi connectivity index (χ2n) is 5.01. The third-order valence-corrected chi connectivity index (χ3v) is 3.44. The molecule has 0 saturated carbocycles. The SMILES string of the molecule is COc1cccc(CN2CCCC(CC(=O)O)C2)n1. The molecule has 5 nitrogen and oxygen atoms in total. The second kappa shape index (κ2) is 6.52. The highest BCUT2D eigenvalue weighted by molar-refractivity contribution is 5.67. The zero-order chi connectivity index (χ0) is 13.7. The summed E-state index contributed by atoms with van der Waals surface area (Å²) < 4.78 is 5.11. The molecule has 1 saturated heterocycles. The topological polar surface area (TPSA) is 62.7 Å². The van der Waals surface area contributed by atoms with Gasteiger partial charge in [0.2, 0.25) is 5.88 Å². The van der Waals surface area contributed by atoms with Gasteiger partial charge >= 0.3 is 5.97 Å². The van der Waals surface area contributed by atoms with Crippen molar-refractivity contribution in [3.8, 4) is 5.88 Å². The van der Waals surface area contributed by atoms with Crippen LogP contribution >= 0.6 is 0 Å². The van der Waals surface area contributed by atoms with E-state index in [9.17, 15) is 4.79 Å². The van der Waals surface area contributed by atoms with Crippen LogP contribution in [0.1, 0.15) is 25.0 Å². The number of carbonyl (C=O) groups is 1. The van der Waals surface area contributed by atoms with Crippen molar-refractivity contribution in [2.75, 3.05) is 20.2 Å². The fourth-order valence-corrected chi connectivity index (χ4v) is 2.60. The molecule has 5 heteroatoms. The van der Waals surface area contributed by atoms with Crippen LogP contribution in [-0.2, 0) is 11.3 Å². The van der Waals surface area contributed by atoms with Gasteiger partial charge in [-0.2, -0.15) is 0 Å². The van der Waals surface area contributed by atoms with E-state index in [2.05, 4.69) is 9.88 Å². The number of likely N-dealkylation sites (tertiary alicyclic amines) is 1. The average molecular weight is 264 g/mol. The Bertz CT molecular complexity index is 436. The summed E-state index contributed by atoms with van der Waals surface area (Å²) in [6, 6.07) is 5.73. The molecule has 2 rings (SSSR count). The number of rotatable bonds is 5. The number of methoxy groups -OCH3 is 1. The molecule has 1 aromatic heterocycles. The Morgan fingerprint density at radius 3 is 3.16 bits per heavy atom. The van der Waals surface area contributed by atoms with Gasteiger partial charge in [-0.3, -0.25) is 9.69 Å². The van der Waals surface area contributed by atoms with Crippen molar-refractivity contribution in [1.82, 2.24) is 9.88 Å². The summed E-state index contributed by atoms with van der Waals surface area (Å²) in [6.45, 7) is 2.60. The number of aromatic nitrogens is 1. The molecule has 1 aliphatic heterocycles. The van der Waals surface area contributed by atoms with Crippen LogP contribution in [0, 0.1) is 5.92 Å². The van der Waals surface area contributed by atoms with E-state index >= 15 is 0 Å². The summed E-state index contributed by atoms with van der Waals surface area (Å²) >= 11 is 0. The van der Waals surface area contributed by atoms with E-state index in [0.29, 0.717) is 5.88 Å². The van der Waals surface area contributed by atoms with E-state index in [1.165, 1.54) is 0 Å². The Morgan fingerprint density at radius 1 is 1.58 bits per heavy atom. The predicted octanol–water partition coefficient (Wildman–Crippen LogP) is 1.78. The van der Waals surface area contributed by atoms with Crippen molar-refractivity contribution in [3.63, 3.8) is 0 Å². The molecule has 0 aliphatic carbocycles. The Balaban J connectivity index is 1.92. The van der Waals surface area contributed by atoms with E-state index in [1.54, 1.807) is 7.11 Å². The minimum atomic E-state index is -0.702. The molecule has 0 spiro atoms. The standard InChI is InChI=1S/C14H20N2O3/c1-19-13-6-2-5-12(15-13)10-16-7-3-4-11(9-16)8-14(17)18/h2,5-6,11H,3-4,7-10H2,1H3,(H,17,18). The Labute approximate surface area is 113 Å². The van der Waals surface area contributed by atoms with Crippen molar-refractivity contribution in [2.45, 2.75) is 25.8 Å². The van der Waals surface area contributed by atoms with Gasteiger partial charge in [0.15, 0.2) is 0 Å². The lowest BCUT2D eigenvalue weighted by Gasteiger charge is -2.31. The van der Waals surface area contributed by atoms with Crippen LogP contribution < -0.4 is 4.74 Å². The summed E-state index contributed by atoms with van der Waals surface area (Å²) in [6.07, 6.45) is 2.33. The van der Waals surface area contributed by atoms with Gasteiger partial charge in [0.25, 0.3) is 0 Å². The number of piperidine rings is 1. The van der Waals surface area contributed by atoms with Gasteiger partial charge in [0, 0.05) is 25.6 Å². The normalized spacial score (nSPS) is 20.2. The van der Waals surface area contributed by atoms with Crippen LogP contribution in [-0.4, -0.2) is 41.2 Å². The molecule has 1 aromatic rings. The van der Waals surface area contributed by atoms with Crippen LogP contribution in [0.3, 0.4) is 0 Å². The van der Waals surface area contributed by atoms with E-state index < -0.39 is 5.97 Å². The summed E-state index contributed by atoms with van der Waals surface area (Å²) in [5, 5.41) is 8.86. The third-order valence-electron chi connectivity index (χ3n) is 3.44. The molecule has 104 valence electrons. The van der Waals surface area contributed by atoms with Gasteiger partial charge in [-0.25, -0.2) is 4.98 Å². The van der Waals surface area contributed by atoms with Gasteiger partial charge in [0.1, 0.15) is 0 Å². The molecule has 2 heterocycles. The van der Waals surface area contributed by atoms with Gasteiger partial charge in [0.05, 0.1) is 12.8 Å². The lowest BCUT2D eigenvalue weighted by atomic mass is 9.95. The lowest BCUT2D eigenvalue weighted by Crippen LogP contribution is -2.36. The van der Waals surface area contributed by atoms with Crippen molar-refractivity contribution in [2.24, 2.45) is 5.92 Å². The monoisotopic (exact) mass is 264 g/mol. The molecule has 1 N–H and O–H groups in total. The highest BCUT2D eigenvalue weighted by Crippen LogP contribution is 2.21. The first-order valence-electron chi connectivity index (χ1n) is 6.61. The predicted molar refractivity (Wildman–Crippen MR) is 71.0 cm³/mol. The third kappa shape index (κ3) is 4.21. The quantitative estimate of drug-likeness (QED) is 0.878. The van der Waals surface area contributed by atoms with Crippen LogP contribution in [0.5, 0.6) is 5.88 Å². The van der Waals surface area contributed by atoms with Crippen molar-refractivity contribution in [1.29, 1.82) is 0 Å². The summed E-state index contributed by atoms with van der Waals surface area (Å²) in [7, 11) is 1.61. The maximum absolute atomic E-state index is 10.8. The molecule has 0 amide bonds. The molecule has 1 atom stereocenters. The van der Waals surface area contributed by atoms with E-state index in [-0.39, 0.29) is 12.3 Å². The van der Waals surface area contributed by atoms with Crippen LogP contribution in [0.25, 0.3) is 0 Å². The van der Waals surface area contributed by atoms with Gasteiger partial charge in [-0.15, -0.1) is 0 Å². The number of hydrogen-bond donors (Lipinski definition) is 1. The summed E-state index contributed by atoms with van der Waals surface area (Å²) in [4.78, 5) is 17.4. The lowest BCUT2D eigenvalue weighted by molar-refractivity contribution is -0.138. The summed E-state index contributed by atoms with van der Waals surface area (Å²) in [5.74, 6) is 0.180. The number of carboxylic acids is 1. The molecule has 0 aromatic carbocycles. The second-order valence-corrected chi connectivity index (χ2v) is 5.01. The molecule has 0 radical (unpaired) electrons. The Kier molecular flexibility index (Phi) is 4.74. The zero-order valence-electron chi connectivity index (χ0n) is 11.2. The Morgan fingerprint density at radius 2 is 2.42 bits per heavy atom. The fourth-order valence-electron chi connectivity index (χ4n) is 2.60. The molecule has 0 bridgehead atoms. The number of carboxylic acid groups (broad SMARTS) is 1. The molecule has 19 heavy (non-hydrogen) atoms. The van der Waals surface area contributed by atoms with Crippen LogP contribution in [0.2, 0.25) is 0 Å². The minimum absolute atomic E-state index is 0.261. The smallest absolute Gasteiger partial charge is 0.303 e. The van der Waals surface area contributed by atoms with E-state index in [4.69, 9.17) is 9.84 Å². The highest BCUT2D eigenvalue weighted by atomic mass is 16.5. The number of aliphatic carboxylic acids is 1. The molecule has 1 aliphatic rings. The number of pyridine rings is 1. The van der Waals surface area contributed by atoms with E-state index in [1.807, 2.05) is 18.2 Å². The molecule has 1 unspecified atom stereocenters. The number of nitrogens with zero attached hydrogens (tertiary/aromatic N) is 2. The van der Waals surface area contributed by atoms with E-state index in [0.717, 1.165) is 38.2 Å². The first-order valence-corrected chi connectivity index (χ1v) is 6.61. The zero-order valence-corrected chi connectivity index (χ0v) is 11.2. The summed E-state index contributed by atoms with van der Waals surface area (Å²) in [5.41, 5.74) is 0.968. The fraction of sp³-hybridized carbons (Fsp3) is 0.571. The van der Waals surface area contributed by atoms with Crippen LogP contribution in [0.4, 0.5) is 0 Å². The Hall–Kier alpha value is -1.62. The first-order chi connectivity index (χ1) is 9.17. The van der Waals surface area contributed by atoms with Crippen LogP contribution in [0.15, 0.2) is 18.2 Å².